The highest BCUT2D eigenvalue weighted by Crippen LogP contribution is 2.51. The van der Waals surface area contributed by atoms with E-state index in [4.69, 9.17) is 23.2 Å². The van der Waals surface area contributed by atoms with Crippen LogP contribution in [0, 0.1) is 0 Å². The summed E-state index contributed by atoms with van der Waals surface area (Å²) in [6, 6.07) is 10.9. The highest BCUT2D eigenvalue weighted by molar-refractivity contribution is 7.92. The maximum atomic E-state index is 14.2. The number of nitrogens with zero attached hydrogens (tertiary/aromatic N) is 1. The summed E-state index contributed by atoms with van der Waals surface area (Å²) in [5.74, 6) is -1.76. The van der Waals surface area contributed by atoms with Crippen LogP contribution in [0.5, 0.6) is 0 Å². The highest BCUT2D eigenvalue weighted by Gasteiger charge is 2.57. The first-order valence-electron chi connectivity index (χ1n) is 15.2. The van der Waals surface area contributed by atoms with Gasteiger partial charge in [0.25, 0.3) is 5.91 Å². The van der Waals surface area contributed by atoms with Crippen molar-refractivity contribution >= 4 is 50.6 Å². The van der Waals surface area contributed by atoms with Crippen LogP contribution in [-0.2, 0) is 29.6 Å². The smallest absolute Gasteiger partial charge is 0.289 e. The van der Waals surface area contributed by atoms with E-state index in [2.05, 4.69) is 10.6 Å². The molecule has 12 heteroatoms. The van der Waals surface area contributed by atoms with Crippen LogP contribution in [0.3, 0.4) is 0 Å². The first kappa shape index (κ1) is 34.4. The summed E-state index contributed by atoms with van der Waals surface area (Å²) >= 11 is 12.4. The van der Waals surface area contributed by atoms with Crippen LogP contribution in [0.25, 0.3) is 0 Å². The van der Waals surface area contributed by atoms with E-state index in [0.717, 1.165) is 12.0 Å². The Morgan fingerprint density at radius 3 is 2.25 bits per heavy atom. The van der Waals surface area contributed by atoms with Crippen molar-refractivity contribution in [2.75, 3.05) is 6.54 Å². The van der Waals surface area contributed by atoms with E-state index in [1.165, 1.54) is 17.0 Å². The molecule has 2 aliphatic rings. The number of halogens is 2. The van der Waals surface area contributed by atoms with Gasteiger partial charge in [0, 0.05) is 17.6 Å². The van der Waals surface area contributed by atoms with E-state index in [0.29, 0.717) is 30.7 Å². The Morgan fingerprint density at radius 1 is 1.02 bits per heavy atom. The number of hydrogen-bond acceptors (Lipinski definition) is 7. The summed E-state index contributed by atoms with van der Waals surface area (Å²) in [5.41, 5.74) is -0.0954. The van der Waals surface area contributed by atoms with Crippen LogP contribution in [0.4, 0.5) is 0 Å². The molecule has 2 fully saturated rings. The first-order valence-corrected chi connectivity index (χ1v) is 17.5. The Hall–Kier alpha value is -2.50. The lowest BCUT2D eigenvalue weighted by molar-refractivity contribution is -0.141. The number of aliphatic hydroxyl groups is 1. The topological polar surface area (TPSA) is 133 Å². The number of ketones is 1. The number of benzene rings is 2. The molecule has 0 radical (unpaired) electrons. The lowest BCUT2D eigenvalue weighted by Gasteiger charge is -2.33. The Balaban J connectivity index is 1.63. The van der Waals surface area contributed by atoms with Gasteiger partial charge in [0.15, 0.2) is 9.84 Å². The second kappa shape index (κ2) is 14.3. The minimum Gasteiger partial charge on any atom is -0.376 e. The van der Waals surface area contributed by atoms with Crippen molar-refractivity contribution in [1.82, 2.24) is 15.5 Å². The molecule has 2 aromatic carbocycles. The van der Waals surface area contributed by atoms with E-state index in [9.17, 15) is 27.9 Å². The van der Waals surface area contributed by atoms with Gasteiger partial charge >= 0.3 is 0 Å². The van der Waals surface area contributed by atoms with Crippen LogP contribution >= 0.6 is 23.2 Å². The van der Waals surface area contributed by atoms with Gasteiger partial charge < -0.3 is 15.3 Å². The maximum Gasteiger partial charge on any atom is 0.289 e. The molecule has 1 saturated carbocycles. The van der Waals surface area contributed by atoms with E-state index in [1.807, 2.05) is 20.8 Å². The molecule has 4 rings (SSSR count). The van der Waals surface area contributed by atoms with Gasteiger partial charge in [-0.2, -0.15) is 0 Å². The molecule has 1 saturated heterocycles. The third kappa shape index (κ3) is 7.31. The summed E-state index contributed by atoms with van der Waals surface area (Å²) in [5, 5.41) is 16.7. The average Bonchev–Trinajstić information content (AvgIpc) is 3.66. The molecule has 44 heavy (non-hydrogen) atoms. The standard InChI is InChI=1S/C32H41Cl2N3O6S/c1-4-8-20(3)35-30(40)28(38)25(9-5-2)36-29(39)26-18-23(44(42,43)27-11-7-6-10-24(27)34)19-37(26)31(41)32(16-17-32)21-12-14-22(33)15-13-21/h6-7,10-15,20,23,25-26,29,36,39H,4-5,8-9,16-19H2,1-3H3,(H,35,40)/t20?,23-,25+,26+,29?/m1/s1. The molecule has 2 amide bonds. The first-order chi connectivity index (χ1) is 20.8. The highest BCUT2D eigenvalue weighted by atomic mass is 35.5. The molecule has 1 heterocycles. The van der Waals surface area contributed by atoms with Gasteiger partial charge in [-0.1, -0.05) is 74.2 Å². The second-order valence-corrected chi connectivity index (χ2v) is 15.0. The van der Waals surface area contributed by atoms with Gasteiger partial charge in [0.05, 0.1) is 32.7 Å². The SMILES string of the molecule is CCCC(C)NC(=O)C(=O)[C@H](CCC)NC(O)[C@@H]1C[C@@H](S(=O)(=O)c2ccccc2Cl)CN1C(=O)C1(c2ccc(Cl)cc2)CC1. The van der Waals surface area contributed by atoms with Crippen LogP contribution in [0.1, 0.15) is 71.3 Å². The fourth-order valence-electron chi connectivity index (χ4n) is 6.09. The second-order valence-electron chi connectivity index (χ2n) is 11.9. The van der Waals surface area contributed by atoms with Gasteiger partial charge in [-0.05, 0) is 68.9 Å². The number of aliphatic hydroxyl groups excluding tert-OH is 1. The predicted octanol–water partition coefficient (Wildman–Crippen LogP) is 4.42. The van der Waals surface area contributed by atoms with Crippen LogP contribution in [0.15, 0.2) is 53.4 Å². The van der Waals surface area contributed by atoms with Crippen molar-refractivity contribution in [2.24, 2.45) is 0 Å². The Kier molecular flexibility index (Phi) is 11.2. The van der Waals surface area contributed by atoms with E-state index in [1.54, 1.807) is 36.4 Å². The molecule has 0 spiro atoms. The zero-order valence-electron chi connectivity index (χ0n) is 25.3. The van der Waals surface area contributed by atoms with Crippen molar-refractivity contribution in [2.45, 2.75) is 106 Å². The number of likely N-dealkylation sites (tertiary alicyclic amines) is 1. The van der Waals surface area contributed by atoms with Crippen LogP contribution < -0.4 is 10.6 Å². The Morgan fingerprint density at radius 2 is 1.66 bits per heavy atom. The van der Waals surface area contributed by atoms with E-state index in [-0.39, 0.29) is 41.3 Å². The Labute approximate surface area is 269 Å². The fraction of sp³-hybridized carbons (Fsp3) is 0.531. The summed E-state index contributed by atoms with van der Waals surface area (Å²) in [6.07, 6.45) is 1.93. The van der Waals surface area contributed by atoms with Crippen molar-refractivity contribution in [3.8, 4) is 0 Å². The van der Waals surface area contributed by atoms with Gasteiger partial charge in [-0.15, -0.1) is 0 Å². The molecule has 0 bridgehead atoms. The molecule has 3 N–H and O–H groups in total. The zero-order valence-corrected chi connectivity index (χ0v) is 27.6. The van der Waals surface area contributed by atoms with Crippen molar-refractivity contribution < 1.29 is 27.9 Å². The molecular weight excluding hydrogens is 625 g/mol. The normalized spacial score (nSPS) is 21.4. The molecule has 1 aliphatic heterocycles. The number of hydrogen-bond donors (Lipinski definition) is 3. The summed E-state index contributed by atoms with van der Waals surface area (Å²) in [7, 11) is -4.00. The van der Waals surface area contributed by atoms with Gasteiger partial charge in [0.1, 0.15) is 6.23 Å². The van der Waals surface area contributed by atoms with Gasteiger partial charge in [-0.3, -0.25) is 19.7 Å². The molecule has 1 aliphatic carbocycles. The van der Waals surface area contributed by atoms with Crippen molar-refractivity contribution in [3.63, 3.8) is 0 Å². The molecule has 9 nitrogen and oxygen atoms in total. The third-order valence-electron chi connectivity index (χ3n) is 8.66. The molecule has 240 valence electrons. The minimum atomic E-state index is -4.00. The maximum absolute atomic E-state index is 14.2. The monoisotopic (exact) mass is 665 g/mol. The van der Waals surface area contributed by atoms with E-state index >= 15 is 0 Å². The number of rotatable bonds is 14. The molecule has 2 unspecified atom stereocenters. The number of sulfone groups is 1. The van der Waals surface area contributed by atoms with Crippen molar-refractivity contribution in [1.29, 1.82) is 0 Å². The minimum absolute atomic E-state index is 0.0436. The summed E-state index contributed by atoms with van der Waals surface area (Å²) < 4.78 is 27.6. The largest absolute Gasteiger partial charge is 0.376 e. The lowest BCUT2D eigenvalue weighted by Crippen LogP contribution is -2.57. The molecule has 2 aromatic rings. The number of nitrogens with one attached hydrogen (secondary N) is 2. The summed E-state index contributed by atoms with van der Waals surface area (Å²) in [4.78, 5) is 41.6. The number of carbonyl (C=O) groups excluding carboxylic acids is 3. The third-order valence-corrected chi connectivity index (χ3v) is 11.5. The van der Waals surface area contributed by atoms with E-state index < -0.39 is 50.5 Å². The molecule has 0 aromatic heterocycles. The lowest BCUT2D eigenvalue weighted by atomic mass is 9.94. The summed E-state index contributed by atoms with van der Waals surface area (Å²) in [6.45, 7) is 5.50. The fourth-order valence-corrected chi connectivity index (χ4v) is 8.45. The Bertz CT molecular complexity index is 1460. The molecule has 5 atom stereocenters. The predicted molar refractivity (Wildman–Crippen MR) is 170 cm³/mol. The number of amides is 2. The van der Waals surface area contributed by atoms with Gasteiger partial charge in [-0.25, -0.2) is 8.42 Å². The van der Waals surface area contributed by atoms with Crippen LogP contribution in [0.2, 0.25) is 10.0 Å². The number of carbonyl (C=O) groups is 3. The van der Waals surface area contributed by atoms with Crippen LogP contribution in [-0.4, -0.2) is 72.2 Å². The number of Topliss-reactive ketones (excluding diaryl/α,β-unsaturated/α-hetero) is 1. The van der Waals surface area contributed by atoms with Gasteiger partial charge in [0.2, 0.25) is 11.7 Å². The molecular formula is C32H41Cl2N3O6S. The quantitative estimate of drug-likeness (QED) is 0.201. The average molecular weight is 667 g/mol. The van der Waals surface area contributed by atoms with Crippen molar-refractivity contribution in [3.05, 3.63) is 64.1 Å². The zero-order chi connectivity index (χ0) is 32.2.